The second-order valence-electron chi connectivity index (χ2n) is 5.03. The fourth-order valence-electron chi connectivity index (χ4n) is 2.03. The third-order valence-corrected chi connectivity index (χ3v) is 3.94. The number of halogens is 1. The van der Waals surface area contributed by atoms with Crippen molar-refractivity contribution in [3.8, 4) is 5.69 Å². The van der Waals surface area contributed by atoms with E-state index in [-0.39, 0.29) is 0 Å². The molecule has 1 N–H and O–H groups in total. The summed E-state index contributed by atoms with van der Waals surface area (Å²) in [6.07, 6.45) is 0. The number of aliphatic carboxylic acids is 1. The van der Waals surface area contributed by atoms with Crippen molar-refractivity contribution in [1.82, 2.24) is 14.7 Å². The zero-order valence-corrected chi connectivity index (χ0v) is 13.0. The van der Waals surface area contributed by atoms with Crippen molar-refractivity contribution in [3.63, 3.8) is 0 Å². The summed E-state index contributed by atoms with van der Waals surface area (Å²) in [5, 5.41) is 14.0. The van der Waals surface area contributed by atoms with E-state index in [1.807, 2.05) is 37.3 Å². The van der Waals surface area contributed by atoms with E-state index in [0.29, 0.717) is 11.7 Å². The van der Waals surface area contributed by atoms with E-state index >= 15 is 0 Å². The third-order valence-electron chi connectivity index (χ3n) is 3.55. The number of hydrogen-bond donors (Lipinski definition) is 1. The summed E-state index contributed by atoms with van der Waals surface area (Å²) in [6.45, 7) is 3.96. The van der Waals surface area contributed by atoms with Crippen LogP contribution in [0, 0.1) is 6.92 Å². The average Bonchev–Trinajstić information content (AvgIpc) is 2.75. The number of benzene rings is 1. The van der Waals surface area contributed by atoms with Crippen molar-refractivity contribution in [2.45, 2.75) is 26.4 Å². The summed E-state index contributed by atoms with van der Waals surface area (Å²) in [6, 6.07) is 9.02. The number of hydrogen-bond acceptors (Lipinski definition) is 3. The van der Waals surface area contributed by atoms with E-state index in [4.69, 9.17) is 16.7 Å². The van der Waals surface area contributed by atoms with E-state index < -0.39 is 12.0 Å². The number of para-hydroxylation sites is 1. The maximum absolute atomic E-state index is 11.0. The van der Waals surface area contributed by atoms with Crippen molar-refractivity contribution in [2.75, 3.05) is 7.05 Å². The van der Waals surface area contributed by atoms with Gasteiger partial charge in [0.15, 0.2) is 0 Å². The van der Waals surface area contributed by atoms with Gasteiger partial charge in [0.25, 0.3) is 0 Å². The fraction of sp³-hybridized carbons (Fsp3) is 0.333. The summed E-state index contributed by atoms with van der Waals surface area (Å²) in [4.78, 5) is 12.8. The van der Waals surface area contributed by atoms with Gasteiger partial charge < -0.3 is 5.11 Å². The number of aromatic nitrogens is 2. The van der Waals surface area contributed by atoms with Crippen LogP contribution in [0.1, 0.15) is 18.2 Å². The highest BCUT2D eigenvalue weighted by Gasteiger charge is 2.21. The highest BCUT2D eigenvalue weighted by Crippen LogP contribution is 2.25. The van der Waals surface area contributed by atoms with Gasteiger partial charge in [0.1, 0.15) is 11.2 Å². The number of rotatable bonds is 5. The molecule has 0 amide bonds. The molecule has 6 heteroatoms. The topological polar surface area (TPSA) is 58.4 Å². The van der Waals surface area contributed by atoms with E-state index in [9.17, 15) is 4.79 Å². The summed E-state index contributed by atoms with van der Waals surface area (Å²) >= 11 is 6.42. The molecule has 0 saturated carbocycles. The van der Waals surface area contributed by atoms with Gasteiger partial charge in [-0.15, -0.1) is 0 Å². The minimum atomic E-state index is -0.860. The van der Waals surface area contributed by atoms with Crippen molar-refractivity contribution in [1.29, 1.82) is 0 Å². The van der Waals surface area contributed by atoms with Gasteiger partial charge in [0.05, 0.1) is 11.4 Å². The standard InChI is InChI=1S/C15H18ClN3O2/c1-10-13(9-18(3)11(2)15(20)21)14(16)19(17-10)12-7-5-4-6-8-12/h4-8,11H,9H2,1-3H3,(H,20,21)/t11-/m0/s1. The molecule has 0 saturated heterocycles. The Morgan fingerprint density at radius 1 is 1.43 bits per heavy atom. The minimum absolute atomic E-state index is 0.435. The highest BCUT2D eigenvalue weighted by molar-refractivity contribution is 6.30. The van der Waals surface area contributed by atoms with Gasteiger partial charge in [-0.1, -0.05) is 29.8 Å². The smallest absolute Gasteiger partial charge is 0.320 e. The monoisotopic (exact) mass is 307 g/mol. The molecule has 0 radical (unpaired) electrons. The van der Waals surface area contributed by atoms with Gasteiger partial charge in [0.2, 0.25) is 0 Å². The molecule has 0 aliphatic rings. The van der Waals surface area contributed by atoms with E-state index in [1.54, 1.807) is 23.6 Å². The number of likely N-dealkylation sites (N-methyl/N-ethyl adjacent to an activating group) is 1. The van der Waals surface area contributed by atoms with Gasteiger partial charge in [0, 0.05) is 12.1 Å². The second kappa shape index (κ2) is 6.28. The van der Waals surface area contributed by atoms with Crippen molar-refractivity contribution in [3.05, 3.63) is 46.7 Å². The van der Waals surface area contributed by atoms with Gasteiger partial charge >= 0.3 is 5.97 Å². The largest absolute Gasteiger partial charge is 0.480 e. The zero-order chi connectivity index (χ0) is 15.6. The predicted molar refractivity (Wildman–Crippen MR) is 81.9 cm³/mol. The number of aryl methyl sites for hydroxylation is 1. The molecule has 0 spiro atoms. The minimum Gasteiger partial charge on any atom is -0.480 e. The van der Waals surface area contributed by atoms with Crippen LogP contribution in [0.2, 0.25) is 5.15 Å². The average molecular weight is 308 g/mol. The third kappa shape index (κ3) is 3.25. The summed E-state index contributed by atoms with van der Waals surface area (Å²) < 4.78 is 1.67. The second-order valence-corrected chi connectivity index (χ2v) is 5.39. The summed E-state index contributed by atoms with van der Waals surface area (Å²) in [5.41, 5.74) is 2.52. The number of nitrogens with zero attached hydrogens (tertiary/aromatic N) is 3. The molecule has 0 fully saturated rings. The molecule has 0 aliphatic heterocycles. The van der Waals surface area contributed by atoms with Crippen LogP contribution in [0.15, 0.2) is 30.3 Å². The lowest BCUT2D eigenvalue weighted by Gasteiger charge is -2.20. The molecular weight excluding hydrogens is 290 g/mol. The van der Waals surface area contributed by atoms with Crippen LogP contribution in [0.4, 0.5) is 0 Å². The molecule has 1 aromatic carbocycles. The molecule has 0 unspecified atom stereocenters. The predicted octanol–water partition coefficient (Wildman–Crippen LogP) is 2.74. The number of carboxylic acids is 1. The van der Waals surface area contributed by atoms with Crippen LogP contribution in [-0.2, 0) is 11.3 Å². The molecule has 5 nitrogen and oxygen atoms in total. The summed E-state index contributed by atoms with van der Waals surface area (Å²) in [5.74, 6) is -0.860. The lowest BCUT2D eigenvalue weighted by molar-refractivity contribution is -0.142. The van der Waals surface area contributed by atoms with Gasteiger partial charge in [-0.25, -0.2) is 4.68 Å². The SMILES string of the molecule is Cc1nn(-c2ccccc2)c(Cl)c1CN(C)[C@@H](C)C(=O)O. The molecule has 1 heterocycles. The first-order valence-electron chi connectivity index (χ1n) is 6.64. The van der Waals surface area contributed by atoms with Crippen LogP contribution in [0.3, 0.4) is 0 Å². The van der Waals surface area contributed by atoms with Crippen LogP contribution in [-0.4, -0.2) is 38.8 Å². The quantitative estimate of drug-likeness (QED) is 0.923. The lowest BCUT2D eigenvalue weighted by atomic mass is 10.2. The van der Waals surface area contributed by atoms with Crippen molar-refractivity contribution < 1.29 is 9.90 Å². The number of carbonyl (C=O) groups is 1. The number of carboxylic acid groups (broad SMARTS) is 1. The van der Waals surface area contributed by atoms with Gasteiger partial charge in [-0.3, -0.25) is 9.69 Å². The fourth-order valence-corrected chi connectivity index (χ4v) is 2.36. The van der Waals surface area contributed by atoms with E-state index in [0.717, 1.165) is 16.9 Å². The Balaban J connectivity index is 2.30. The first-order valence-corrected chi connectivity index (χ1v) is 7.02. The Morgan fingerprint density at radius 3 is 2.62 bits per heavy atom. The zero-order valence-electron chi connectivity index (χ0n) is 12.2. The molecule has 2 rings (SSSR count). The summed E-state index contributed by atoms with van der Waals surface area (Å²) in [7, 11) is 1.76. The Kier molecular flexibility index (Phi) is 4.65. The Morgan fingerprint density at radius 2 is 2.05 bits per heavy atom. The molecular formula is C15H18ClN3O2. The molecule has 1 atom stereocenters. The van der Waals surface area contributed by atoms with Gasteiger partial charge in [-0.2, -0.15) is 5.10 Å². The molecule has 0 aliphatic carbocycles. The first kappa shape index (κ1) is 15.5. The van der Waals surface area contributed by atoms with Crippen LogP contribution < -0.4 is 0 Å². The van der Waals surface area contributed by atoms with Gasteiger partial charge in [-0.05, 0) is 33.0 Å². The maximum Gasteiger partial charge on any atom is 0.320 e. The Bertz CT molecular complexity index is 640. The Hall–Kier alpha value is -1.85. The van der Waals surface area contributed by atoms with Crippen LogP contribution in [0.25, 0.3) is 5.69 Å². The molecule has 2 aromatic rings. The van der Waals surface area contributed by atoms with E-state index in [2.05, 4.69) is 5.10 Å². The molecule has 0 bridgehead atoms. The molecule has 112 valence electrons. The lowest BCUT2D eigenvalue weighted by Crippen LogP contribution is -2.35. The van der Waals surface area contributed by atoms with Crippen LogP contribution in [0.5, 0.6) is 0 Å². The van der Waals surface area contributed by atoms with E-state index in [1.165, 1.54) is 0 Å². The Labute approximate surface area is 128 Å². The normalized spacial score (nSPS) is 12.6. The van der Waals surface area contributed by atoms with Crippen molar-refractivity contribution >= 4 is 17.6 Å². The first-order chi connectivity index (χ1) is 9.91. The maximum atomic E-state index is 11.0. The highest BCUT2D eigenvalue weighted by atomic mass is 35.5. The van der Waals surface area contributed by atoms with Crippen LogP contribution >= 0.6 is 11.6 Å². The molecule has 21 heavy (non-hydrogen) atoms. The molecule has 1 aromatic heterocycles. The van der Waals surface area contributed by atoms with Crippen molar-refractivity contribution in [2.24, 2.45) is 0 Å².